The van der Waals surface area contributed by atoms with Crippen LogP contribution < -0.4 is 10.2 Å². The van der Waals surface area contributed by atoms with Gasteiger partial charge in [-0.1, -0.05) is 6.07 Å². The molecule has 0 atom stereocenters. The van der Waals surface area contributed by atoms with Crippen molar-refractivity contribution in [2.24, 2.45) is 7.05 Å². The van der Waals surface area contributed by atoms with Gasteiger partial charge < -0.3 is 9.88 Å². The van der Waals surface area contributed by atoms with Gasteiger partial charge in [-0.25, -0.2) is 18.2 Å². The molecule has 1 amide bonds. The number of nitriles is 1. The summed E-state index contributed by atoms with van der Waals surface area (Å²) in [5, 5.41) is 20.7. The zero-order valence-electron chi connectivity index (χ0n) is 22.2. The average molecular weight is 558 g/mol. The van der Waals surface area contributed by atoms with Crippen LogP contribution in [0.1, 0.15) is 57.9 Å². The molecule has 1 N–H and O–H groups in total. The second kappa shape index (κ2) is 10.8. The van der Waals surface area contributed by atoms with Crippen molar-refractivity contribution in [1.29, 1.82) is 5.26 Å². The first-order chi connectivity index (χ1) is 19.8. The number of rotatable bonds is 9. The van der Waals surface area contributed by atoms with Gasteiger partial charge in [-0.05, 0) is 65.9 Å². The number of nitrogens with one attached hydrogen (secondary N) is 1. The SMILES string of the molecule is Cn1cnnc1-c1cc(C#N)ccc1-c1cc(C2CC2)nc(N2Cc3c(F)cc(CNCCC(F)F)cc3C2=O)c1. The number of aryl methyl sites for hydroxylation is 1. The van der Waals surface area contributed by atoms with E-state index in [1.165, 1.54) is 11.0 Å². The van der Waals surface area contributed by atoms with Gasteiger partial charge >= 0.3 is 0 Å². The van der Waals surface area contributed by atoms with Gasteiger partial charge in [0.2, 0.25) is 6.43 Å². The monoisotopic (exact) mass is 557 g/mol. The lowest BCUT2D eigenvalue weighted by atomic mass is 9.96. The highest BCUT2D eigenvalue weighted by atomic mass is 19.3. The summed E-state index contributed by atoms with van der Waals surface area (Å²) in [7, 11) is 1.82. The second-order valence-electron chi connectivity index (χ2n) is 10.4. The first-order valence-corrected chi connectivity index (χ1v) is 13.3. The quantitative estimate of drug-likeness (QED) is 0.279. The summed E-state index contributed by atoms with van der Waals surface area (Å²) in [4.78, 5) is 19.9. The van der Waals surface area contributed by atoms with E-state index in [0.29, 0.717) is 28.3 Å². The lowest BCUT2D eigenvalue weighted by molar-refractivity contribution is 0.0995. The molecule has 41 heavy (non-hydrogen) atoms. The zero-order valence-corrected chi connectivity index (χ0v) is 22.2. The van der Waals surface area contributed by atoms with Crippen molar-refractivity contribution < 1.29 is 18.0 Å². The number of pyridine rings is 1. The van der Waals surface area contributed by atoms with Gasteiger partial charge in [0.25, 0.3) is 5.91 Å². The van der Waals surface area contributed by atoms with E-state index in [1.54, 1.807) is 29.1 Å². The minimum absolute atomic E-state index is 0.0309. The predicted molar refractivity (Wildman–Crippen MR) is 146 cm³/mol. The Labute approximate surface area is 234 Å². The number of carbonyl (C=O) groups is 1. The van der Waals surface area contributed by atoms with Gasteiger partial charge in [0.05, 0.1) is 18.2 Å². The molecule has 3 heterocycles. The van der Waals surface area contributed by atoms with Crippen LogP contribution in [0, 0.1) is 17.1 Å². The van der Waals surface area contributed by atoms with Gasteiger partial charge in [0.15, 0.2) is 5.82 Å². The van der Waals surface area contributed by atoms with E-state index in [2.05, 4.69) is 21.6 Å². The van der Waals surface area contributed by atoms with Gasteiger partial charge in [-0.2, -0.15) is 5.26 Å². The van der Waals surface area contributed by atoms with Gasteiger partial charge in [-0.3, -0.25) is 9.69 Å². The van der Waals surface area contributed by atoms with Crippen molar-refractivity contribution in [3.63, 3.8) is 0 Å². The standard InChI is InChI=1S/C30H26F3N7O/c1-39-16-36-38-29(39)22-8-17(13-34)2-5-21(22)20-11-26(19-3-4-19)37-28(12-20)40-15-24-23(30(40)41)9-18(10-25(24)31)14-35-7-6-27(32)33/h2,5,8-12,16,19,27,35H,3-4,6-7,14-15H2,1H3. The molecule has 2 aromatic carbocycles. The van der Waals surface area contributed by atoms with Crippen LogP contribution in [0.15, 0.2) is 48.8 Å². The van der Waals surface area contributed by atoms with Crippen LogP contribution in [0.5, 0.6) is 0 Å². The number of carbonyl (C=O) groups excluding carboxylic acids is 1. The molecule has 1 saturated carbocycles. The Kier molecular flexibility index (Phi) is 7.01. The Hall–Kier alpha value is -4.56. The van der Waals surface area contributed by atoms with Crippen LogP contribution in [0.25, 0.3) is 22.5 Å². The molecule has 6 rings (SSSR count). The second-order valence-corrected chi connectivity index (χ2v) is 10.4. The third-order valence-corrected chi connectivity index (χ3v) is 7.43. The normalized spacial score (nSPS) is 14.5. The number of fused-ring (bicyclic) bond motifs is 1. The molecule has 0 saturated heterocycles. The summed E-state index contributed by atoms with van der Waals surface area (Å²) in [5.41, 5.74) is 4.68. The van der Waals surface area contributed by atoms with Crippen LogP contribution >= 0.6 is 0 Å². The van der Waals surface area contributed by atoms with Crippen LogP contribution in [0.4, 0.5) is 19.0 Å². The fraction of sp³-hybridized carbons (Fsp3) is 0.300. The van der Waals surface area contributed by atoms with Crippen molar-refractivity contribution in [2.45, 2.75) is 44.7 Å². The summed E-state index contributed by atoms with van der Waals surface area (Å²) in [6.07, 6.45) is 0.847. The Morgan fingerprint density at radius 3 is 2.66 bits per heavy atom. The minimum Gasteiger partial charge on any atom is -0.317 e. The molecule has 2 aliphatic rings. The highest BCUT2D eigenvalue weighted by Crippen LogP contribution is 2.43. The molecule has 11 heteroatoms. The predicted octanol–water partition coefficient (Wildman–Crippen LogP) is 5.34. The number of aromatic nitrogens is 4. The third-order valence-electron chi connectivity index (χ3n) is 7.43. The topological polar surface area (TPSA) is 99.7 Å². The van der Waals surface area contributed by atoms with E-state index in [-0.39, 0.29) is 49.0 Å². The van der Waals surface area contributed by atoms with Crippen LogP contribution in [-0.2, 0) is 20.1 Å². The fourth-order valence-electron chi connectivity index (χ4n) is 5.15. The largest absolute Gasteiger partial charge is 0.317 e. The molecule has 0 bridgehead atoms. The highest BCUT2D eigenvalue weighted by Gasteiger charge is 2.34. The first kappa shape index (κ1) is 26.7. The molecular weight excluding hydrogens is 531 g/mol. The third kappa shape index (κ3) is 5.30. The molecule has 0 unspecified atom stereocenters. The molecule has 208 valence electrons. The number of anilines is 1. The van der Waals surface area contributed by atoms with Crippen LogP contribution in [0.2, 0.25) is 0 Å². The van der Waals surface area contributed by atoms with Gasteiger partial charge in [-0.15, -0.1) is 10.2 Å². The summed E-state index contributed by atoms with van der Waals surface area (Å²) in [6.45, 7) is 0.291. The number of alkyl halides is 2. The molecule has 8 nitrogen and oxygen atoms in total. The molecule has 1 aliphatic heterocycles. The van der Waals surface area contributed by atoms with Crippen molar-refractivity contribution in [1.82, 2.24) is 25.1 Å². The Morgan fingerprint density at radius 2 is 1.95 bits per heavy atom. The molecular formula is C30H26F3N7O. The van der Waals surface area contributed by atoms with E-state index in [0.717, 1.165) is 29.7 Å². The van der Waals surface area contributed by atoms with Crippen molar-refractivity contribution in [2.75, 3.05) is 11.4 Å². The van der Waals surface area contributed by atoms with Crippen molar-refractivity contribution >= 4 is 11.7 Å². The fourth-order valence-corrected chi connectivity index (χ4v) is 5.15. The number of nitrogens with zero attached hydrogens (tertiary/aromatic N) is 6. The highest BCUT2D eigenvalue weighted by molar-refractivity contribution is 6.10. The number of amides is 1. The van der Waals surface area contributed by atoms with E-state index in [4.69, 9.17) is 4.98 Å². The average Bonchev–Trinajstić information content (AvgIpc) is 3.65. The summed E-state index contributed by atoms with van der Waals surface area (Å²) in [5.74, 6) is 0.389. The van der Waals surface area contributed by atoms with Crippen molar-refractivity contribution in [3.05, 3.63) is 82.6 Å². The zero-order chi connectivity index (χ0) is 28.7. The molecule has 2 aromatic heterocycles. The van der Waals surface area contributed by atoms with E-state index < -0.39 is 12.2 Å². The molecule has 1 fully saturated rings. The Balaban J connectivity index is 1.37. The van der Waals surface area contributed by atoms with Gasteiger partial charge in [0, 0.05) is 54.9 Å². The van der Waals surface area contributed by atoms with Crippen LogP contribution in [0.3, 0.4) is 0 Å². The molecule has 4 aromatic rings. The number of benzene rings is 2. The van der Waals surface area contributed by atoms with E-state index >= 15 is 4.39 Å². The summed E-state index contributed by atoms with van der Waals surface area (Å²) >= 11 is 0. The lowest BCUT2D eigenvalue weighted by Gasteiger charge is -2.18. The Bertz CT molecular complexity index is 1690. The molecule has 0 radical (unpaired) electrons. The number of halogens is 3. The van der Waals surface area contributed by atoms with E-state index in [9.17, 15) is 18.8 Å². The summed E-state index contributed by atoms with van der Waals surface area (Å²) in [6, 6.07) is 14.3. The van der Waals surface area contributed by atoms with Gasteiger partial charge in [0.1, 0.15) is 18.0 Å². The maximum atomic E-state index is 15.1. The van der Waals surface area contributed by atoms with E-state index in [1.807, 2.05) is 25.2 Å². The van der Waals surface area contributed by atoms with Crippen LogP contribution in [-0.4, -0.2) is 38.6 Å². The number of hydrogen-bond acceptors (Lipinski definition) is 6. The Morgan fingerprint density at radius 1 is 1.12 bits per heavy atom. The lowest BCUT2D eigenvalue weighted by Crippen LogP contribution is -2.24. The summed E-state index contributed by atoms with van der Waals surface area (Å²) < 4.78 is 41.8. The minimum atomic E-state index is -2.42. The molecule has 0 spiro atoms. The maximum Gasteiger partial charge on any atom is 0.260 e. The van der Waals surface area contributed by atoms with Crippen molar-refractivity contribution in [3.8, 4) is 28.6 Å². The first-order valence-electron chi connectivity index (χ1n) is 13.3. The maximum absolute atomic E-state index is 15.1. The smallest absolute Gasteiger partial charge is 0.260 e. The number of hydrogen-bond donors (Lipinski definition) is 1. The molecule has 1 aliphatic carbocycles.